The molecule has 0 amide bonds. The molecule has 0 atom stereocenters. The number of halogens is 2. The molecular formula is C16H12Cl2N2O. The van der Waals surface area contributed by atoms with E-state index in [4.69, 9.17) is 27.9 Å². The minimum absolute atomic E-state index is 0.364. The highest BCUT2D eigenvalue weighted by molar-refractivity contribution is 6.34. The first-order valence-electron chi connectivity index (χ1n) is 6.56. The van der Waals surface area contributed by atoms with Crippen molar-refractivity contribution in [3.63, 3.8) is 0 Å². The molecule has 3 nitrogen and oxygen atoms in total. The highest BCUT2D eigenvalue weighted by atomic mass is 35.5. The third kappa shape index (κ3) is 2.80. The largest absolute Gasteiger partial charge is 0.437 e. The number of hydrogen-bond donors (Lipinski definition) is 0. The average molecular weight is 319 g/mol. The number of ether oxygens (including phenoxy) is 1. The van der Waals surface area contributed by atoms with E-state index in [2.05, 4.69) is 10.2 Å². The molecule has 0 aliphatic rings. The summed E-state index contributed by atoms with van der Waals surface area (Å²) in [7, 11) is 0. The lowest BCUT2D eigenvalue weighted by Gasteiger charge is -2.09. The Bertz CT molecular complexity index is 805. The molecular weight excluding hydrogens is 307 g/mol. The van der Waals surface area contributed by atoms with Gasteiger partial charge in [-0.25, -0.2) is 0 Å². The van der Waals surface area contributed by atoms with Gasteiger partial charge in [-0.3, -0.25) is 0 Å². The second kappa shape index (κ2) is 5.88. The van der Waals surface area contributed by atoms with Crippen molar-refractivity contribution in [3.8, 4) is 11.6 Å². The van der Waals surface area contributed by atoms with Gasteiger partial charge in [0.25, 0.3) is 0 Å². The van der Waals surface area contributed by atoms with E-state index in [1.807, 2.05) is 49.4 Å². The zero-order valence-electron chi connectivity index (χ0n) is 11.3. The van der Waals surface area contributed by atoms with Crippen molar-refractivity contribution in [1.82, 2.24) is 10.2 Å². The maximum Gasteiger partial charge on any atom is 0.246 e. The van der Waals surface area contributed by atoms with E-state index in [0.717, 1.165) is 27.8 Å². The van der Waals surface area contributed by atoms with Gasteiger partial charge in [0.2, 0.25) is 5.88 Å². The van der Waals surface area contributed by atoms with Gasteiger partial charge in [-0.1, -0.05) is 48.3 Å². The molecule has 0 bridgehead atoms. The van der Waals surface area contributed by atoms with Crippen LogP contribution in [0.1, 0.15) is 12.5 Å². The Hall–Kier alpha value is -1.84. The van der Waals surface area contributed by atoms with E-state index in [-0.39, 0.29) is 0 Å². The summed E-state index contributed by atoms with van der Waals surface area (Å²) in [5, 5.41) is 10.7. The van der Waals surface area contributed by atoms with E-state index in [0.29, 0.717) is 16.8 Å². The molecule has 106 valence electrons. The van der Waals surface area contributed by atoms with Crippen LogP contribution in [0.15, 0.2) is 42.5 Å². The van der Waals surface area contributed by atoms with E-state index in [9.17, 15) is 0 Å². The van der Waals surface area contributed by atoms with Gasteiger partial charge < -0.3 is 4.74 Å². The SMILES string of the molecule is CCc1cc(Oc2nnc(Cl)c3ccccc23)ccc1Cl. The molecule has 2 aromatic carbocycles. The minimum atomic E-state index is 0.364. The van der Waals surface area contributed by atoms with E-state index >= 15 is 0 Å². The molecule has 5 heteroatoms. The Morgan fingerprint density at radius 2 is 1.76 bits per heavy atom. The quantitative estimate of drug-likeness (QED) is 0.658. The van der Waals surface area contributed by atoms with Gasteiger partial charge >= 0.3 is 0 Å². The van der Waals surface area contributed by atoms with Crippen molar-refractivity contribution in [3.05, 3.63) is 58.2 Å². The van der Waals surface area contributed by atoms with Crippen LogP contribution in [0.25, 0.3) is 10.8 Å². The zero-order valence-corrected chi connectivity index (χ0v) is 12.8. The Morgan fingerprint density at radius 3 is 2.52 bits per heavy atom. The topological polar surface area (TPSA) is 35.0 Å². The molecule has 0 unspecified atom stereocenters. The molecule has 0 radical (unpaired) electrons. The summed E-state index contributed by atoms with van der Waals surface area (Å²) in [6.07, 6.45) is 0.836. The fraction of sp³-hybridized carbons (Fsp3) is 0.125. The van der Waals surface area contributed by atoms with Crippen LogP contribution in [0.4, 0.5) is 0 Å². The molecule has 0 fully saturated rings. The minimum Gasteiger partial charge on any atom is -0.437 e. The first kappa shape index (κ1) is 14.1. The van der Waals surface area contributed by atoms with Gasteiger partial charge in [0.1, 0.15) is 5.75 Å². The number of rotatable bonds is 3. The van der Waals surface area contributed by atoms with Crippen molar-refractivity contribution in [2.24, 2.45) is 0 Å². The lowest BCUT2D eigenvalue weighted by atomic mass is 10.1. The molecule has 0 spiro atoms. The van der Waals surface area contributed by atoms with Gasteiger partial charge in [-0.05, 0) is 36.2 Å². The summed E-state index contributed by atoms with van der Waals surface area (Å²) in [4.78, 5) is 0. The van der Waals surface area contributed by atoms with Gasteiger partial charge in [0.05, 0.1) is 0 Å². The standard InChI is InChI=1S/C16H12Cl2N2O/c1-2-10-9-11(7-8-14(10)17)21-16-13-6-4-3-5-12(13)15(18)19-20-16/h3-9H,2H2,1H3. The average Bonchev–Trinajstić information content (AvgIpc) is 2.52. The first-order valence-corrected chi connectivity index (χ1v) is 7.32. The maximum atomic E-state index is 6.11. The Balaban J connectivity index is 2.04. The second-order valence-corrected chi connectivity index (χ2v) is 5.32. The third-order valence-electron chi connectivity index (χ3n) is 3.22. The van der Waals surface area contributed by atoms with Crippen molar-refractivity contribution in [1.29, 1.82) is 0 Å². The van der Waals surface area contributed by atoms with Crippen molar-refractivity contribution < 1.29 is 4.74 Å². The fourth-order valence-corrected chi connectivity index (χ4v) is 2.57. The highest BCUT2D eigenvalue weighted by Gasteiger charge is 2.10. The molecule has 0 saturated heterocycles. The van der Waals surface area contributed by atoms with Crippen molar-refractivity contribution >= 4 is 34.0 Å². The zero-order chi connectivity index (χ0) is 14.8. The van der Waals surface area contributed by atoms with Gasteiger partial charge in [0, 0.05) is 15.8 Å². The Morgan fingerprint density at radius 1 is 1.00 bits per heavy atom. The van der Waals surface area contributed by atoms with Crippen LogP contribution in [0.2, 0.25) is 10.2 Å². The molecule has 0 aliphatic carbocycles. The molecule has 3 aromatic rings. The molecule has 0 aliphatic heterocycles. The van der Waals surface area contributed by atoms with E-state index in [1.54, 1.807) is 0 Å². The lowest BCUT2D eigenvalue weighted by molar-refractivity contribution is 0.461. The summed E-state index contributed by atoms with van der Waals surface area (Å²) >= 11 is 12.2. The normalized spacial score (nSPS) is 10.8. The van der Waals surface area contributed by atoms with Crippen LogP contribution in [0.3, 0.4) is 0 Å². The predicted molar refractivity (Wildman–Crippen MR) is 85.5 cm³/mol. The van der Waals surface area contributed by atoms with E-state index < -0.39 is 0 Å². The smallest absolute Gasteiger partial charge is 0.246 e. The summed E-state index contributed by atoms with van der Waals surface area (Å²) < 4.78 is 5.85. The predicted octanol–water partition coefficient (Wildman–Crippen LogP) is 5.29. The van der Waals surface area contributed by atoms with Gasteiger partial charge in [0.15, 0.2) is 5.15 Å². The number of aryl methyl sites for hydroxylation is 1. The molecule has 3 rings (SSSR count). The molecule has 0 N–H and O–H groups in total. The van der Waals surface area contributed by atoms with E-state index in [1.165, 1.54) is 0 Å². The van der Waals surface area contributed by atoms with Crippen molar-refractivity contribution in [2.75, 3.05) is 0 Å². The van der Waals surface area contributed by atoms with Gasteiger partial charge in [-0.2, -0.15) is 0 Å². The first-order chi connectivity index (χ1) is 10.2. The molecule has 21 heavy (non-hydrogen) atoms. The summed E-state index contributed by atoms with van der Waals surface area (Å²) in [6.45, 7) is 2.04. The monoisotopic (exact) mass is 318 g/mol. The number of benzene rings is 2. The van der Waals surface area contributed by atoms with Crippen LogP contribution >= 0.6 is 23.2 Å². The van der Waals surface area contributed by atoms with Gasteiger partial charge in [-0.15, -0.1) is 10.2 Å². The number of aromatic nitrogens is 2. The van der Waals surface area contributed by atoms with Crippen LogP contribution in [-0.2, 0) is 6.42 Å². The van der Waals surface area contributed by atoms with Crippen LogP contribution < -0.4 is 4.74 Å². The summed E-state index contributed by atoms with van der Waals surface area (Å²) in [6, 6.07) is 13.1. The van der Waals surface area contributed by atoms with Crippen LogP contribution in [0, 0.1) is 0 Å². The third-order valence-corrected chi connectivity index (χ3v) is 3.87. The highest BCUT2D eigenvalue weighted by Crippen LogP contribution is 2.31. The summed E-state index contributed by atoms with van der Waals surface area (Å²) in [5.41, 5.74) is 1.03. The second-order valence-electron chi connectivity index (χ2n) is 4.55. The maximum absolute atomic E-state index is 6.11. The number of fused-ring (bicyclic) bond motifs is 1. The summed E-state index contributed by atoms with van der Waals surface area (Å²) in [5.74, 6) is 1.11. The lowest BCUT2D eigenvalue weighted by Crippen LogP contribution is -1.94. The van der Waals surface area contributed by atoms with Crippen molar-refractivity contribution in [2.45, 2.75) is 13.3 Å². The Kier molecular flexibility index (Phi) is 3.95. The molecule has 0 saturated carbocycles. The number of hydrogen-bond acceptors (Lipinski definition) is 3. The van der Waals surface area contributed by atoms with Crippen LogP contribution in [-0.4, -0.2) is 10.2 Å². The fourth-order valence-electron chi connectivity index (χ4n) is 2.12. The number of nitrogens with zero attached hydrogens (tertiary/aromatic N) is 2. The van der Waals surface area contributed by atoms with Crippen LogP contribution in [0.5, 0.6) is 11.6 Å². The molecule has 1 heterocycles. The molecule has 1 aromatic heterocycles. The Labute approximate surface area is 132 Å².